The predicted molar refractivity (Wildman–Crippen MR) is 75.2 cm³/mol. The Morgan fingerprint density at radius 2 is 1.79 bits per heavy atom. The van der Waals surface area contributed by atoms with Gasteiger partial charge in [-0.2, -0.15) is 0 Å². The van der Waals surface area contributed by atoms with Crippen LogP contribution in [0.3, 0.4) is 0 Å². The highest BCUT2D eigenvalue weighted by molar-refractivity contribution is 5.60. The van der Waals surface area contributed by atoms with Gasteiger partial charge < -0.3 is 9.64 Å². The Morgan fingerprint density at radius 1 is 1.05 bits per heavy atom. The van der Waals surface area contributed by atoms with Crippen LogP contribution in [0.25, 0.3) is 11.3 Å². The number of hydrogen-bond acceptors (Lipinski definition) is 4. The largest absolute Gasteiger partial charge is 0.378 e. The first-order valence-electron chi connectivity index (χ1n) is 6.55. The van der Waals surface area contributed by atoms with Crippen molar-refractivity contribution in [3.05, 3.63) is 42.2 Å². The van der Waals surface area contributed by atoms with Crippen LogP contribution in [0.1, 0.15) is 5.56 Å². The van der Waals surface area contributed by atoms with E-state index in [-0.39, 0.29) is 0 Å². The lowest BCUT2D eigenvalue weighted by Gasteiger charge is -2.27. The van der Waals surface area contributed by atoms with Crippen molar-refractivity contribution in [1.82, 2.24) is 9.97 Å². The van der Waals surface area contributed by atoms with Crippen LogP contribution in [-0.2, 0) is 4.74 Å². The molecule has 0 saturated carbocycles. The molecule has 0 radical (unpaired) electrons. The number of aromatic nitrogens is 2. The molecule has 1 aromatic carbocycles. The molecule has 0 bridgehead atoms. The minimum absolute atomic E-state index is 0.760. The summed E-state index contributed by atoms with van der Waals surface area (Å²) in [6.45, 7) is 5.37. The first-order chi connectivity index (χ1) is 9.33. The topological polar surface area (TPSA) is 38.2 Å². The van der Waals surface area contributed by atoms with Gasteiger partial charge in [-0.1, -0.05) is 29.8 Å². The van der Waals surface area contributed by atoms with Gasteiger partial charge in [0.1, 0.15) is 5.82 Å². The van der Waals surface area contributed by atoms with Crippen LogP contribution < -0.4 is 4.90 Å². The maximum absolute atomic E-state index is 5.36. The van der Waals surface area contributed by atoms with E-state index in [1.54, 1.807) is 0 Å². The maximum atomic E-state index is 5.36. The van der Waals surface area contributed by atoms with Crippen molar-refractivity contribution in [2.24, 2.45) is 0 Å². The summed E-state index contributed by atoms with van der Waals surface area (Å²) in [5.41, 5.74) is 3.28. The van der Waals surface area contributed by atoms with E-state index >= 15 is 0 Å². The minimum Gasteiger partial charge on any atom is -0.378 e. The average Bonchev–Trinajstić information content (AvgIpc) is 2.49. The van der Waals surface area contributed by atoms with Crippen molar-refractivity contribution in [2.45, 2.75) is 6.92 Å². The highest BCUT2D eigenvalue weighted by Crippen LogP contribution is 2.20. The van der Waals surface area contributed by atoms with Crippen LogP contribution in [0.2, 0.25) is 0 Å². The van der Waals surface area contributed by atoms with Crippen LogP contribution in [0.5, 0.6) is 0 Å². The van der Waals surface area contributed by atoms with Gasteiger partial charge in [0.25, 0.3) is 0 Å². The summed E-state index contributed by atoms with van der Waals surface area (Å²) in [7, 11) is 0. The normalized spacial score (nSPS) is 15.5. The molecule has 1 aromatic heterocycles. The van der Waals surface area contributed by atoms with Gasteiger partial charge in [0, 0.05) is 18.7 Å². The zero-order valence-electron chi connectivity index (χ0n) is 11.0. The zero-order chi connectivity index (χ0) is 13.1. The molecule has 3 rings (SSSR count). The molecule has 0 spiro atoms. The van der Waals surface area contributed by atoms with E-state index in [1.165, 1.54) is 5.56 Å². The summed E-state index contributed by atoms with van der Waals surface area (Å²) in [6.07, 6.45) is 3.64. The van der Waals surface area contributed by atoms with Crippen LogP contribution in [-0.4, -0.2) is 36.3 Å². The molecular weight excluding hydrogens is 238 g/mol. The Kier molecular flexibility index (Phi) is 3.42. The molecule has 0 aliphatic carbocycles. The van der Waals surface area contributed by atoms with Gasteiger partial charge in [0.2, 0.25) is 0 Å². The molecule has 0 N–H and O–H groups in total. The van der Waals surface area contributed by atoms with Gasteiger partial charge >= 0.3 is 0 Å². The Labute approximate surface area is 113 Å². The second kappa shape index (κ2) is 5.36. The minimum atomic E-state index is 0.760. The Hall–Kier alpha value is -1.94. The second-order valence-electron chi connectivity index (χ2n) is 4.73. The lowest BCUT2D eigenvalue weighted by Crippen LogP contribution is -2.36. The lowest BCUT2D eigenvalue weighted by molar-refractivity contribution is 0.122. The molecule has 4 heteroatoms. The number of rotatable bonds is 2. The quantitative estimate of drug-likeness (QED) is 0.825. The Bertz CT molecular complexity index is 548. The van der Waals surface area contributed by atoms with Crippen LogP contribution in [0.15, 0.2) is 36.7 Å². The summed E-state index contributed by atoms with van der Waals surface area (Å²) in [5, 5.41) is 0. The number of morpholine rings is 1. The molecule has 0 unspecified atom stereocenters. The van der Waals surface area contributed by atoms with Gasteiger partial charge in [0.05, 0.1) is 31.3 Å². The third-order valence-corrected chi connectivity index (χ3v) is 3.30. The van der Waals surface area contributed by atoms with E-state index in [9.17, 15) is 0 Å². The fraction of sp³-hybridized carbons (Fsp3) is 0.333. The van der Waals surface area contributed by atoms with Crippen molar-refractivity contribution in [3.8, 4) is 11.3 Å². The van der Waals surface area contributed by atoms with Crippen LogP contribution in [0.4, 0.5) is 5.82 Å². The molecule has 4 nitrogen and oxygen atoms in total. The molecule has 19 heavy (non-hydrogen) atoms. The SMILES string of the molecule is Cc1ccc(-c2cncc(N3CCOCC3)n2)cc1. The van der Waals surface area contributed by atoms with E-state index in [4.69, 9.17) is 9.72 Å². The molecular formula is C15H17N3O. The van der Waals surface area contributed by atoms with Crippen LogP contribution >= 0.6 is 0 Å². The summed E-state index contributed by atoms with van der Waals surface area (Å²) >= 11 is 0. The lowest BCUT2D eigenvalue weighted by atomic mass is 10.1. The van der Waals surface area contributed by atoms with Gasteiger partial charge in [-0.3, -0.25) is 4.98 Å². The molecule has 0 amide bonds. The van der Waals surface area contributed by atoms with E-state index in [2.05, 4.69) is 41.1 Å². The van der Waals surface area contributed by atoms with Crippen molar-refractivity contribution in [1.29, 1.82) is 0 Å². The molecule has 98 valence electrons. The molecule has 2 aromatic rings. The highest BCUT2D eigenvalue weighted by atomic mass is 16.5. The monoisotopic (exact) mass is 255 g/mol. The smallest absolute Gasteiger partial charge is 0.147 e. The van der Waals surface area contributed by atoms with E-state index in [0.29, 0.717) is 0 Å². The number of ether oxygens (including phenoxy) is 1. The van der Waals surface area contributed by atoms with Gasteiger partial charge in [-0.05, 0) is 6.92 Å². The highest BCUT2D eigenvalue weighted by Gasteiger charge is 2.13. The fourth-order valence-electron chi connectivity index (χ4n) is 2.16. The Balaban J connectivity index is 1.88. The van der Waals surface area contributed by atoms with E-state index < -0.39 is 0 Å². The van der Waals surface area contributed by atoms with Gasteiger partial charge in [-0.25, -0.2) is 4.98 Å². The second-order valence-corrected chi connectivity index (χ2v) is 4.73. The molecule has 2 heterocycles. The Morgan fingerprint density at radius 3 is 2.53 bits per heavy atom. The number of benzene rings is 1. The fourth-order valence-corrected chi connectivity index (χ4v) is 2.16. The predicted octanol–water partition coefficient (Wildman–Crippen LogP) is 2.29. The van der Waals surface area contributed by atoms with Crippen molar-refractivity contribution in [3.63, 3.8) is 0 Å². The van der Waals surface area contributed by atoms with Crippen molar-refractivity contribution >= 4 is 5.82 Å². The zero-order valence-corrected chi connectivity index (χ0v) is 11.0. The summed E-state index contributed by atoms with van der Waals surface area (Å²) < 4.78 is 5.36. The molecule has 1 saturated heterocycles. The standard InChI is InChI=1S/C15H17N3O/c1-12-2-4-13(5-3-12)14-10-16-11-15(17-14)18-6-8-19-9-7-18/h2-5,10-11H,6-9H2,1H3. The van der Waals surface area contributed by atoms with Gasteiger partial charge in [0.15, 0.2) is 0 Å². The van der Waals surface area contributed by atoms with E-state index in [1.807, 2.05) is 12.4 Å². The first-order valence-corrected chi connectivity index (χ1v) is 6.55. The number of anilines is 1. The molecule has 0 atom stereocenters. The average molecular weight is 255 g/mol. The number of hydrogen-bond donors (Lipinski definition) is 0. The maximum Gasteiger partial charge on any atom is 0.147 e. The van der Waals surface area contributed by atoms with Crippen molar-refractivity contribution < 1.29 is 4.74 Å². The van der Waals surface area contributed by atoms with E-state index in [0.717, 1.165) is 43.4 Å². The van der Waals surface area contributed by atoms with Crippen molar-refractivity contribution in [2.75, 3.05) is 31.2 Å². The summed E-state index contributed by atoms with van der Waals surface area (Å²) in [4.78, 5) is 11.2. The third kappa shape index (κ3) is 2.74. The number of nitrogens with zero attached hydrogens (tertiary/aromatic N) is 3. The van der Waals surface area contributed by atoms with Crippen LogP contribution in [0, 0.1) is 6.92 Å². The summed E-state index contributed by atoms with van der Waals surface area (Å²) in [6, 6.07) is 8.36. The molecule has 1 fully saturated rings. The molecule has 1 aliphatic heterocycles. The molecule has 1 aliphatic rings. The summed E-state index contributed by atoms with van der Waals surface area (Å²) in [5.74, 6) is 0.932. The third-order valence-electron chi connectivity index (χ3n) is 3.30. The first kappa shape index (κ1) is 12.1. The van der Waals surface area contributed by atoms with Gasteiger partial charge in [-0.15, -0.1) is 0 Å². The number of aryl methyl sites for hydroxylation is 1.